The second-order valence-electron chi connectivity index (χ2n) is 4.63. The van der Waals surface area contributed by atoms with Gasteiger partial charge in [-0.1, -0.05) is 31.1 Å². The molecule has 0 saturated heterocycles. The van der Waals surface area contributed by atoms with Gasteiger partial charge in [0.2, 0.25) is 0 Å². The average Bonchev–Trinajstić information content (AvgIpc) is 2.09. The van der Waals surface area contributed by atoms with Gasteiger partial charge in [-0.15, -0.1) is 0 Å². The fourth-order valence-corrected chi connectivity index (χ4v) is 2.46. The van der Waals surface area contributed by atoms with Gasteiger partial charge in [-0.3, -0.25) is 0 Å². The van der Waals surface area contributed by atoms with Gasteiger partial charge in [-0.05, 0) is 56.8 Å². The van der Waals surface area contributed by atoms with Gasteiger partial charge in [0.05, 0.1) is 0 Å². The van der Waals surface area contributed by atoms with Crippen LogP contribution in [0.1, 0.15) is 48.0 Å². The van der Waals surface area contributed by atoms with E-state index in [2.05, 4.69) is 47.6 Å². The normalized spacial score (nSPS) is 21.5. The van der Waals surface area contributed by atoms with Crippen molar-refractivity contribution in [2.75, 3.05) is 0 Å². The molecule has 0 atom stereocenters. The lowest BCUT2D eigenvalue weighted by Crippen LogP contribution is -2.09. The van der Waals surface area contributed by atoms with Crippen LogP contribution in [0.25, 0.3) is 0 Å². The van der Waals surface area contributed by atoms with Crippen LogP contribution in [0.3, 0.4) is 0 Å². The SMILES string of the molecule is C/C=C1\C(C)=C(C)CC(C)=C1C(C)C. The molecule has 0 N–H and O–H groups in total. The highest BCUT2D eigenvalue weighted by Crippen LogP contribution is 2.37. The van der Waals surface area contributed by atoms with Crippen molar-refractivity contribution in [3.05, 3.63) is 33.9 Å². The number of rotatable bonds is 1. The highest BCUT2D eigenvalue weighted by atomic mass is 14.2. The van der Waals surface area contributed by atoms with Crippen molar-refractivity contribution in [2.24, 2.45) is 5.92 Å². The van der Waals surface area contributed by atoms with E-state index < -0.39 is 0 Å². The molecule has 1 aliphatic carbocycles. The number of hydrogen-bond donors (Lipinski definition) is 0. The van der Waals surface area contributed by atoms with Gasteiger partial charge in [-0.25, -0.2) is 0 Å². The minimum Gasteiger partial charge on any atom is -0.0798 e. The third-order valence-corrected chi connectivity index (χ3v) is 3.19. The fraction of sp³-hybridized carbons (Fsp3) is 0.571. The van der Waals surface area contributed by atoms with Gasteiger partial charge >= 0.3 is 0 Å². The summed E-state index contributed by atoms with van der Waals surface area (Å²) in [6.45, 7) is 13.5. The Morgan fingerprint density at radius 1 is 1.07 bits per heavy atom. The molecule has 0 saturated carbocycles. The Bertz CT molecular complexity index is 322. The Morgan fingerprint density at radius 2 is 1.64 bits per heavy atom. The molecule has 0 amide bonds. The van der Waals surface area contributed by atoms with E-state index in [4.69, 9.17) is 0 Å². The highest BCUT2D eigenvalue weighted by Gasteiger charge is 2.19. The van der Waals surface area contributed by atoms with Crippen molar-refractivity contribution in [3.8, 4) is 0 Å². The maximum absolute atomic E-state index is 2.29. The molecule has 0 radical (unpaired) electrons. The summed E-state index contributed by atoms with van der Waals surface area (Å²) in [7, 11) is 0. The molecule has 0 aromatic carbocycles. The molecule has 0 aromatic heterocycles. The summed E-state index contributed by atoms with van der Waals surface area (Å²) in [6, 6.07) is 0. The molecule has 0 unspecified atom stereocenters. The lowest BCUT2D eigenvalue weighted by atomic mass is 9.79. The van der Waals surface area contributed by atoms with E-state index >= 15 is 0 Å². The van der Waals surface area contributed by atoms with Gasteiger partial charge in [0.25, 0.3) is 0 Å². The minimum absolute atomic E-state index is 0.643. The zero-order chi connectivity index (χ0) is 10.9. The van der Waals surface area contributed by atoms with Crippen LogP contribution in [-0.4, -0.2) is 0 Å². The smallest absolute Gasteiger partial charge is 0.0102 e. The Balaban J connectivity index is 3.23. The molecule has 1 aliphatic rings. The van der Waals surface area contributed by atoms with Crippen LogP contribution in [0, 0.1) is 5.92 Å². The van der Waals surface area contributed by atoms with E-state index in [-0.39, 0.29) is 0 Å². The number of allylic oxidation sites excluding steroid dienone is 6. The Labute approximate surface area is 88.4 Å². The summed E-state index contributed by atoms with van der Waals surface area (Å²) in [5, 5.41) is 0. The van der Waals surface area contributed by atoms with Crippen molar-refractivity contribution in [1.82, 2.24) is 0 Å². The molecular formula is C14H22. The van der Waals surface area contributed by atoms with Crippen LogP contribution in [0.5, 0.6) is 0 Å². The number of hydrogen-bond acceptors (Lipinski definition) is 0. The van der Waals surface area contributed by atoms with Crippen LogP contribution in [-0.2, 0) is 0 Å². The average molecular weight is 190 g/mol. The summed E-state index contributed by atoms with van der Waals surface area (Å²) in [6.07, 6.45) is 3.42. The van der Waals surface area contributed by atoms with Gasteiger partial charge in [0.15, 0.2) is 0 Å². The van der Waals surface area contributed by atoms with Gasteiger partial charge < -0.3 is 0 Å². The summed E-state index contributed by atoms with van der Waals surface area (Å²) in [5.41, 5.74) is 7.61. The molecule has 0 heteroatoms. The lowest BCUT2D eigenvalue weighted by Gasteiger charge is -2.26. The minimum atomic E-state index is 0.643. The maximum atomic E-state index is 2.29. The Morgan fingerprint density at radius 3 is 2.07 bits per heavy atom. The summed E-state index contributed by atoms with van der Waals surface area (Å²) in [4.78, 5) is 0. The summed E-state index contributed by atoms with van der Waals surface area (Å²) < 4.78 is 0. The first-order valence-corrected chi connectivity index (χ1v) is 5.52. The highest BCUT2D eigenvalue weighted by molar-refractivity contribution is 5.54. The topological polar surface area (TPSA) is 0 Å². The molecule has 0 aromatic rings. The Kier molecular flexibility index (Phi) is 3.36. The quantitative estimate of drug-likeness (QED) is 0.565. The predicted octanol–water partition coefficient (Wildman–Crippen LogP) is 4.65. The van der Waals surface area contributed by atoms with Crippen LogP contribution >= 0.6 is 0 Å². The second kappa shape index (κ2) is 4.16. The van der Waals surface area contributed by atoms with Crippen molar-refractivity contribution in [3.63, 3.8) is 0 Å². The third-order valence-electron chi connectivity index (χ3n) is 3.19. The van der Waals surface area contributed by atoms with Crippen molar-refractivity contribution in [2.45, 2.75) is 48.0 Å². The molecule has 0 nitrogen and oxygen atoms in total. The van der Waals surface area contributed by atoms with Gasteiger partial charge in [0.1, 0.15) is 0 Å². The zero-order valence-electron chi connectivity index (χ0n) is 10.4. The van der Waals surface area contributed by atoms with Crippen LogP contribution in [0.2, 0.25) is 0 Å². The molecule has 0 bridgehead atoms. The molecular weight excluding hydrogens is 168 g/mol. The van der Waals surface area contributed by atoms with Gasteiger partial charge in [0, 0.05) is 0 Å². The van der Waals surface area contributed by atoms with Crippen molar-refractivity contribution < 1.29 is 0 Å². The van der Waals surface area contributed by atoms with E-state index in [1.54, 1.807) is 11.1 Å². The molecule has 0 aliphatic heterocycles. The lowest BCUT2D eigenvalue weighted by molar-refractivity contribution is 0.749. The van der Waals surface area contributed by atoms with Crippen LogP contribution in [0.4, 0.5) is 0 Å². The first kappa shape index (κ1) is 11.3. The zero-order valence-corrected chi connectivity index (χ0v) is 10.4. The maximum Gasteiger partial charge on any atom is -0.0102 e. The van der Waals surface area contributed by atoms with E-state index in [0.717, 1.165) is 6.42 Å². The molecule has 14 heavy (non-hydrogen) atoms. The second-order valence-corrected chi connectivity index (χ2v) is 4.63. The first-order valence-electron chi connectivity index (χ1n) is 5.52. The monoisotopic (exact) mass is 190 g/mol. The van der Waals surface area contributed by atoms with E-state index in [9.17, 15) is 0 Å². The molecule has 78 valence electrons. The van der Waals surface area contributed by atoms with Gasteiger partial charge in [-0.2, -0.15) is 0 Å². The summed E-state index contributed by atoms with van der Waals surface area (Å²) in [5.74, 6) is 0.643. The van der Waals surface area contributed by atoms with E-state index in [1.807, 2.05) is 0 Å². The summed E-state index contributed by atoms with van der Waals surface area (Å²) >= 11 is 0. The fourth-order valence-electron chi connectivity index (χ4n) is 2.46. The largest absolute Gasteiger partial charge is 0.0798 e. The van der Waals surface area contributed by atoms with Crippen molar-refractivity contribution >= 4 is 0 Å². The molecule has 0 spiro atoms. The Hall–Kier alpha value is -0.780. The molecule has 0 heterocycles. The van der Waals surface area contributed by atoms with E-state index in [1.165, 1.54) is 16.7 Å². The predicted molar refractivity (Wildman–Crippen MR) is 64.3 cm³/mol. The van der Waals surface area contributed by atoms with Crippen LogP contribution < -0.4 is 0 Å². The molecule has 0 fully saturated rings. The van der Waals surface area contributed by atoms with Crippen LogP contribution in [0.15, 0.2) is 33.9 Å². The standard InChI is InChI=1S/C14H22/c1-7-13-12(6)10(4)8-11(5)14(13)9(2)3/h7,9H,8H2,1-6H3/b13-7+. The molecule has 1 rings (SSSR count). The van der Waals surface area contributed by atoms with Crippen molar-refractivity contribution in [1.29, 1.82) is 0 Å². The third kappa shape index (κ3) is 1.84. The van der Waals surface area contributed by atoms with E-state index in [0.29, 0.717) is 5.92 Å². The first-order chi connectivity index (χ1) is 6.49.